The van der Waals surface area contributed by atoms with E-state index in [1.54, 1.807) is 0 Å². The summed E-state index contributed by atoms with van der Waals surface area (Å²) in [4.78, 5) is 3.40. The Bertz CT molecular complexity index is 985. The molecular weight excluding hydrogens is 328 g/mol. The van der Waals surface area contributed by atoms with Gasteiger partial charge in [-0.1, -0.05) is 54.1 Å². The quantitative estimate of drug-likeness (QED) is 0.463. The Morgan fingerprint density at radius 1 is 0.840 bits per heavy atom. The molecule has 0 saturated carbocycles. The fourth-order valence-electron chi connectivity index (χ4n) is 3.38. The number of anilines is 1. The van der Waals surface area contributed by atoms with Crippen LogP contribution in [0, 0.1) is 0 Å². The van der Waals surface area contributed by atoms with Crippen LogP contribution in [0.1, 0.15) is 22.6 Å². The van der Waals surface area contributed by atoms with Gasteiger partial charge in [0, 0.05) is 40.8 Å². The number of nitrogens with one attached hydrogen (secondary N) is 2. The molecule has 25 heavy (non-hydrogen) atoms. The Balaban J connectivity index is 1.90. The van der Waals surface area contributed by atoms with Gasteiger partial charge in [0.1, 0.15) is 0 Å². The molecule has 0 aliphatic rings. The minimum atomic E-state index is 0.152. The first-order valence-electron chi connectivity index (χ1n) is 8.35. The van der Waals surface area contributed by atoms with Crippen LogP contribution in [0.3, 0.4) is 0 Å². The van der Waals surface area contributed by atoms with Crippen LogP contribution in [0.2, 0.25) is 5.02 Å². The number of fused-ring (bicyclic) bond motifs is 1. The number of aromatic nitrogens is 1. The first kappa shape index (κ1) is 15.8. The van der Waals surface area contributed by atoms with Gasteiger partial charge in [0.15, 0.2) is 0 Å². The van der Waals surface area contributed by atoms with Gasteiger partial charge in [0.2, 0.25) is 0 Å². The van der Waals surface area contributed by atoms with Crippen molar-refractivity contribution < 1.29 is 0 Å². The van der Waals surface area contributed by atoms with Gasteiger partial charge in [-0.2, -0.15) is 0 Å². The second kappa shape index (κ2) is 6.66. The monoisotopic (exact) mass is 346 g/mol. The highest BCUT2D eigenvalue weighted by Crippen LogP contribution is 2.36. The molecule has 0 amide bonds. The fraction of sp³-hybridized carbons (Fsp3) is 0.0909. The smallest absolute Gasteiger partial charge is 0.0457 e. The molecule has 3 heteroatoms. The Morgan fingerprint density at radius 3 is 2.16 bits per heavy atom. The zero-order valence-electron chi connectivity index (χ0n) is 14.0. The van der Waals surface area contributed by atoms with Gasteiger partial charge in [-0.25, -0.2) is 0 Å². The summed E-state index contributed by atoms with van der Waals surface area (Å²) in [6.07, 6.45) is 2.12. The molecular formula is C22H19ClN2. The van der Waals surface area contributed by atoms with Gasteiger partial charge >= 0.3 is 0 Å². The van der Waals surface area contributed by atoms with Crippen molar-refractivity contribution in [3.05, 3.63) is 101 Å². The van der Waals surface area contributed by atoms with E-state index in [1.165, 1.54) is 22.1 Å². The van der Waals surface area contributed by atoms with Gasteiger partial charge in [-0.15, -0.1) is 0 Å². The number of aromatic amines is 1. The fourth-order valence-corrected chi connectivity index (χ4v) is 3.51. The van der Waals surface area contributed by atoms with Crippen molar-refractivity contribution in [3.63, 3.8) is 0 Å². The number of H-pyrrole nitrogens is 1. The van der Waals surface area contributed by atoms with Crippen molar-refractivity contribution >= 4 is 28.2 Å². The summed E-state index contributed by atoms with van der Waals surface area (Å²) >= 11 is 6.11. The molecule has 0 spiro atoms. The number of hydrogen-bond acceptors (Lipinski definition) is 1. The normalized spacial score (nSPS) is 12.2. The van der Waals surface area contributed by atoms with Gasteiger partial charge in [0.05, 0.1) is 0 Å². The standard InChI is InChI=1S/C22H19ClN2/c1-24-18-12-8-16(9-13-18)22(15-6-10-17(23)11-7-15)20-14-25-21-5-3-2-4-19(20)21/h2-14,22,24-25H,1H3. The van der Waals surface area contributed by atoms with Crippen LogP contribution in [-0.4, -0.2) is 12.0 Å². The topological polar surface area (TPSA) is 27.8 Å². The summed E-state index contributed by atoms with van der Waals surface area (Å²) in [5, 5.41) is 5.19. The summed E-state index contributed by atoms with van der Waals surface area (Å²) in [6.45, 7) is 0. The summed E-state index contributed by atoms with van der Waals surface area (Å²) in [7, 11) is 1.94. The van der Waals surface area contributed by atoms with Crippen LogP contribution < -0.4 is 5.32 Å². The average Bonchev–Trinajstić information content (AvgIpc) is 3.08. The van der Waals surface area contributed by atoms with Crippen LogP contribution in [-0.2, 0) is 0 Å². The zero-order valence-corrected chi connectivity index (χ0v) is 14.7. The predicted molar refractivity (Wildman–Crippen MR) is 107 cm³/mol. The maximum absolute atomic E-state index is 6.11. The van der Waals surface area contributed by atoms with E-state index < -0.39 is 0 Å². The van der Waals surface area contributed by atoms with E-state index in [-0.39, 0.29) is 5.92 Å². The van der Waals surface area contributed by atoms with Gasteiger partial charge in [0.25, 0.3) is 0 Å². The largest absolute Gasteiger partial charge is 0.388 e. The maximum Gasteiger partial charge on any atom is 0.0457 e. The molecule has 3 aromatic carbocycles. The Hall–Kier alpha value is -2.71. The molecule has 0 saturated heterocycles. The van der Waals surface area contributed by atoms with Crippen molar-refractivity contribution in [2.24, 2.45) is 0 Å². The van der Waals surface area contributed by atoms with Crippen LogP contribution >= 0.6 is 11.6 Å². The first-order valence-corrected chi connectivity index (χ1v) is 8.73. The van der Waals surface area contributed by atoms with Crippen molar-refractivity contribution in [3.8, 4) is 0 Å². The molecule has 0 bridgehead atoms. The van der Waals surface area contributed by atoms with Crippen LogP contribution in [0.25, 0.3) is 10.9 Å². The minimum Gasteiger partial charge on any atom is -0.388 e. The van der Waals surface area contributed by atoms with Crippen LogP contribution in [0.5, 0.6) is 0 Å². The zero-order chi connectivity index (χ0) is 17.2. The van der Waals surface area contributed by atoms with Gasteiger partial charge in [-0.3, -0.25) is 0 Å². The number of halogens is 1. The number of para-hydroxylation sites is 1. The second-order valence-corrected chi connectivity index (χ2v) is 6.58. The van der Waals surface area contributed by atoms with Crippen LogP contribution in [0.4, 0.5) is 5.69 Å². The van der Waals surface area contributed by atoms with E-state index in [1.807, 2.05) is 19.2 Å². The molecule has 0 radical (unpaired) electrons. The number of hydrogen-bond donors (Lipinski definition) is 2. The lowest BCUT2D eigenvalue weighted by Crippen LogP contribution is -2.03. The van der Waals surface area contributed by atoms with E-state index in [9.17, 15) is 0 Å². The molecule has 124 valence electrons. The Kier molecular flexibility index (Phi) is 4.21. The molecule has 2 nitrogen and oxygen atoms in total. The molecule has 0 aliphatic heterocycles. The molecule has 1 atom stereocenters. The second-order valence-electron chi connectivity index (χ2n) is 6.15. The summed E-state index contributed by atoms with van der Waals surface area (Å²) in [5.74, 6) is 0.152. The van der Waals surface area contributed by atoms with Crippen molar-refractivity contribution in [2.75, 3.05) is 12.4 Å². The molecule has 2 N–H and O–H groups in total. The van der Waals surface area contributed by atoms with Crippen molar-refractivity contribution in [1.29, 1.82) is 0 Å². The lowest BCUT2D eigenvalue weighted by atomic mass is 9.85. The highest BCUT2D eigenvalue weighted by molar-refractivity contribution is 6.30. The molecule has 4 aromatic rings. The third kappa shape index (κ3) is 3.01. The predicted octanol–water partition coefficient (Wildman–Crippen LogP) is 6.04. The molecule has 1 unspecified atom stereocenters. The molecule has 0 fully saturated rings. The average molecular weight is 347 g/mol. The van der Waals surface area contributed by atoms with Gasteiger partial charge < -0.3 is 10.3 Å². The van der Waals surface area contributed by atoms with Crippen molar-refractivity contribution in [1.82, 2.24) is 4.98 Å². The Morgan fingerprint density at radius 2 is 1.48 bits per heavy atom. The third-order valence-corrected chi connectivity index (χ3v) is 4.92. The summed E-state index contributed by atoms with van der Waals surface area (Å²) in [6, 6.07) is 25.2. The van der Waals surface area contributed by atoms with E-state index in [4.69, 9.17) is 11.6 Å². The van der Waals surface area contributed by atoms with E-state index >= 15 is 0 Å². The van der Waals surface area contributed by atoms with E-state index in [0.717, 1.165) is 16.2 Å². The van der Waals surface area contributed by atoms with Gasteiger partial charge in [-0.05, 0) is 47.0 Å². The lowest BCUT2D eigenvalue weighted by molar-refractivity contribution is 0.988. The Labute approximate surface area is 152 Å². The number of benzene rings is 3. The highest BCUT2D eigenvalue weighted by atomic mass is 35.5. The maximum atomic E-state index is 6.11. The van der Waals surface area contributed by atoms with Crippen molar-refractivity contribution in [2.45, 2.75) is 5.92 Å². The van der Waals surface area contributed by atoms with E-state index in [0.29, 0.717) is 0 Å². The molecule has 0 aliphatic carbocycles. The molecule has 4 rings (SSSR count). The highest BCUT2D eigenvalue weighted by Gasteiger charge is 2.20. The lowest BCUT2D eigenvalue weighted by Gasteiger charge is -2.19. The SMILES string of the molecule is CNc1ccc(C(c2ccc(Cl)cc2)c2c[nH]c3ccccc23)cc1. The minimum absolute atomic E-state index is 0.152. The summed E-state index contributed by atoms with van der Waals surface area (Å²) in [5.41, 5.74) is 6.02. The third-order valence-electron chi connectivity index (χ3n) is 4.67. The van der Waals surface area contributed by atoms with E-state index in [2.05, 4.69) is 77.2 Å². The molecule has 1 heterocycles. The summed E-state index contributed by atoms with van der Waals surface area (Å²) < 4.78 is 0. The molecule has 1 aromatic heterocycles. The number of rotatable bonds is 4. The first-order chi connectivity index (χ1) is 12.3. The van der Waals surface area contributed by atoms with Crippen LogP contribution in [0.15, 0.2) is 79.0 Å².